The molecule has 116 valence electrons. The summed E-state index contributed by atoms with van der Waals surface area (Å²) in [6.45, 7) is 1.46. The van der Waals surface area contributed by atoms with Crippen LogP contribution in [0, 0.1) is 0 Å². The fraction of sp³-hybridized carbons (Fsp3) is 0.667. The maximum atomic E-state index is 11.9. The predicted octanol–water partition coefficient (Wildman–Crippen LogP) is 2.22. The zero-order chi connectivity index (χ0) is 15.2. The van der Waals surface area contributed by atoms with Gasteiger partial charge in [0.05, 0.1) is 0 Å². The Labute approximate surface area is 148 Å². The summed E-state index contributed by atoms with van der Waals surface area (Å²) in [7, 11) is 0. The van der Waals surface area contributed by atoms with E-state index in [9.17, 15) is 9.59 Å². The number of carbonyl (C=O) groups is 2. The van der Waals surface area contributed by atoms with E-state index in [-0.39, 0.29) is 11.8 Å². The molecule has 0 N–H and O–H groups in total. The van der Waals surface area contributed by atoms with E-state index in [4.69, 9.17) is 24.4 Å². The molecule has 2 aliphatic heterocycles. The zero-order valence-electron chi connectivity index (χ0n) is 11.4. The van der Waals surface area contributed by atoms with Crippen LogP contribution in [0.2, 0.25) is 0 Å². The summed E-state index contributed by atoms with van der Waals surface area (Å²) in [6, 6.07) is 0. The molecule has 9 heteroatoms. The van der Waals surface area contributed by atoms with Gasteiger partial charge >= 0.3 is 0 Å². The van der Waals surface area contributed by atoms with Crippen molar-refractivity contribution >= 4 is 80.2 Å². The third-order valence-corrected chi connectivity index (χ3v) is 6.89. The van der Waals surface area contributed by atoms with Gasteiger partial charge in [-0.1, -0.05) is 48.0 Å². The third kappa shape index (κ3) is 5.09. The number of thiocarbonyl (C=S) groups is 2. The van der Waals surface area contributed by atoms with Crippen LogP contribution < -0.4 is 0 Å². The number of hydrogen-bond donors (Lipinski definition) is 0. The van der Waals surface area contributed by atoms with Gasteiger partial charge in [-0.2, -0.15) is 11.8 Å². The molecule has 0 saturated carbocycles. The first-order valence-electron chi connectivity index (χ1n) is 6.61. The van der Waals surface area contributed by atoms with Crippen molar-refractivity contribution in [3.05, 3.63) is 0 Å². The van der Waals surface area contributed by atoms with Crippen molar-refractivity contribution in [1.29, 1.82) is 0 Å². The van der Waals surface area contributed by atoms with Crippen LogP contribution in [0.1, 0.15) is 12.8 Å². The van der Waals surface area contributed by atoms with E-state index >= 15 is 0 Å². The van der Waals surface area contributed by atoms with Gasteiger partial charge in [0.25, 0.3) is 0 Å². The molecule has 0 unspecified atom stereocenters. The van der Waals surface area contributed by atoms with Gasteiger partial charge in [0.2, 0.25) is 11.8 Å². The van der Waals surface area contributed by atoms with E-state index in [0.29, 0.717) is 21.5 Å². The summed E-state index contributed by atoms with van der Waals surface area (Å²) in [5.74, 6) is 3.46. The molecule has 0 radical (unpaired) electrons. The molecular formula is C12H16N2O2S5. The van der Waals surface area contributed by atoms with Crippen molar-refractivity contribution in [2.45, 2.75) is 12.8 Å². The lowest BCUT2D eigenvalue weighted by molar-refractivity contribution is -0.127. The lowest BCUT2D eigenvalue weighted by Crippen LogP contribution is -2.31. The molecule has 0 aromatic rings. The van der Waals surface area contributed by atoms with Crippen molar-refractivity contribution in [2.75, 3.05) is 36.1 Å². The van der Waals surface area contributed by atoms with Crippen LogP contribution in [0.15, 0.2) is 0 Å². The zero-order valence-corrected chi connectivity index (χ0v) is 15.5. The van der Waals surface area contributed by atoms with Crippen LogP contribution in [-0.4, -0.2) is 66.4 Å². The highest BCUT2D eigenvalue weighted by Gasteiger charge is 2.24. The summed E-state index contributed by atoms with van der Waals surface area (Å²) >= 11 is 15.0. The Morgan fingerprint density at radius 1 is 0.952 bits per heavy atom. The highest BCUT2D eigenvalue weighted by Crippen LogP contribution is 2.21. The quantitative estimate of drug-likeness (QED) is 0.517. The molecule has 2 fully saturated rings. The second-order valence-corrected chi connectivity index (χ2v) is 9.11. The summed E-state index contributed by atoms with van der Waals surface area (Å²) in [6.07, 6.45) is 0.967. The highest BCUT2D eigenvalue weighted by molar-refractivity contribution is 8.23. The Morgan fingerprint density at radius 2 is 1.38 bits per heavy atom. The fourth-order valence-electron chi connectivity index (χ4n) is 1.93. The van der Waals surface area contributed by atoms with E-state index in [2.05, 4.69) is 0 Å². The Bertz CT molecular complexity index is 417. The van der Waals surface area contributed by atoms with Crippen molar-refractivity contribution < 1.29 is 9.59 Å². The van der Waals surface area contributed by atoms with E-state index in [0.717, 1.165) is 36.1 Å². The summed E-state index contributed by atoms with van der Waals surface area (Å²) in [5.41, 5.74) is 0. The largest absolute Gasteiger partial charge is 0.297 e. The van der Waals surface area contributed by atoms with E-state index in [1.54, 1.807) is 45.1 Å². The molecule has 2 saturated heterocycles. The monoisotopic (exact) mass is 380 g/mol. The number of hydrogen-bond acceptors (Lipinski definition) is 7. The number of amides is 2. The first-order chi connectivity index (χ1) is 10.1. The van der Waals surface area contributed by atoms with Crippen LogP contribution >= 0.6 is 59.7 Å². The fourth-order valence-corrected chi connectivity index (χ4v) is 5.25. The van der Waals surface area contributed by atoms with Gasteiger partial charge in [-0.05, 0) is 0 Å². The smallest absolute Gasteiger partial charge is 0.228 e. The van der Waals surface area contributed by atoms with Gasteiger partial charge in [0.1, 0.15) is 8.64 Å². The summed E-state index contributed by atoms with van der Waals surface area (Å²) in [5, 5.41) is 0. The average molecular weight is 381 g/mol. The molecule has 2 rings (SSSR count). The molecule has 2 aliphatic rings. The topological polar surface area (TPSA) is 40.6 Å². The molecule has 21 heavy (non-hydrogen) atoms. The number of carbonyl (C=O) groups excluding carboxylic acids is 2. The van der Waals surface area contributed by atoms with Crippen molar-refractivity contribution in [2.24, 2.45) is 0 Å². The van der Waals surface area contributed by atoms with Gasteiger partial charge in [-0.25, -0.2) is 0 Å². The van der Waals surface area contributed by atoms with Gasteiger partial charge in [0.15, 0.2) is 0 Å². The minimum absolute atomic E-state index is 0.0981. The Balaban J connectivity index is 1.57. The molecule has 0 aromatic carbocycles. The lowest BCUT2D eigenvalue weighted by Gasteiger charge is -2.15. The lowest BCUT2D eigenvalue weighted by atomic mass is 10.4. The van der Waals surface area contributed by atoms with E-state index < -0.39 is 0 Å². The van der Waals surface area contributed by atoms with Crippen LogP contribution in [0.5, 0.6) is 0 Å². The van der Waals surface area contributed by atoms with Crippen molar-refractivity contribution in [3.63, 3.8) is 0 Å². The van der Waals surface area contributed by atoms with E-state index in [1.807, 2.05) is 0 Å². The highest BCUT2D eigenvalue weighted by atomic mass is 32.2. The van der Waals surface area contributed by atoms with Crippen molar-refractivity contribution in [3.8, 4) is 0 Å². The summed E-state index contributed by atoms with van der Waals surface area (Å²) in [4.78, 5) is 27.2. The standard InChI is InChI=1S/C12H16N2O2S5/c15-9(13-3-7-20-11(13)17)1-5-19-6-2-10(16)14-4-8-21-12(14)18/h1-8H2. The maximum Gasteiger partial charge on any atom is 0.228 e. The van der Waals surface area contributed by atoms with Gasteiger partial charge in [-0.15, -0.1) is 0 Å². The number of rotatable bonds is 6. The molecule has 0 aromatic heterocycles. The molecule has 0 atom stereocenters. The molecule has 2 heterocycles. The van der Waals surface area contributed by atoms with E-state index in [1.165, 1.54) is 0 Å². The van der Waals surface area contributed by atoms with Gasteiger partial charge in [0, 0.05) is 48.9 Å². The second-order valence-electron chi connectivity index (χ2n) is 4.43. The van der Waals surface area contributed by atoms with Crippen LogP contribution in [0.4, 0.5) is 0 Å². The second kappa shape index (κ2) is 8.71. The third-order valence-electron chi connectivity index (χ3n) is 3.04. The number of thioether (sulfide) groups is 3. The van der Waals surface area contributed by atoms with Crippen LogP contribution in [0.25, 0.3) is 0 Å². The molecular weight excluding hydrogens is 364 g/mol. The molecule has 0 bridgehead atoms. The molecule has 0 spiro atoms. The van der Waals surface area contributed by atoms with Crippen molar-refractivity contribution in [1.82, 2.24) is 9.80 Å². The maximum absolute atomic E-state index is 11.9. The Morgan fingerprint density at radius 3 is 1.71 bits per heavy atom. The summed E-state index contributed by atoms with van der Waals surface area (Å²) < 4.78 is 1.39. The molecule has 4 nitrogen and oxygen atoms in total. The van der Waals surface area contributed by atoms with Gasteiger partial charge in [-0.3, -0.25) is 19.4 Å². The molecule has 2 amide bonds. The SMILES string of the molecule is O=C(CCSCCC(=O)N1CCSC1=S)N1CCSC1=S. The normalized spacial score (nSPS) is 18.7. The average Bonchev–Trinajstić information content (AvgIpc) is 3.06. The first kappa shape index (κ1) is 17.5. The minimum Gasteiger partial charge on any atom is -0.297 e. The van der Waals surface area contributed by atoms with Crippen LogP contribution in [0.3, 0.4) is 0 Å². The first-order valence-corrected chi connectivity index (χ1v) is 10.6. The Hall–Kier alpha value is 0.170. The number of nitrogens with zero attached hydrogens (tertiary/aromatic N) is 2. The Kier molecular flexibility index (Phi) is 7.27. The molecule has 0 aliphatic carbocycles. The van der Waals surface area contributed by atoms with Gasteiger partial charge < -0.3 is 0 Å². The van der Waals surface area contributed by atoms with Crippen LogP contribution in [-0.2, 0) is 9.59 Å². The predicted molar refractivity (Wildman–Crippen MR) is 100 cm³/mol. The minimum atomic E-state index is 0.0981.